The summed E-state index contributed by atoms with van der Waals surface area (Å²) in [7, 11) is 0. The molecular weight excluding hydrogens is 663 g/mol. The Balaban J connectivity index is 1.05. The minimum absolute atomic E-state index is 1.10. The highest BCUT2D eigenvalue weighted by molar-refractivity contribution is 6.20. The number of hydrogen-bond acceptors (Lipinski definition) is 1. The number of benzene rings is 10. The van der Waals surface area contributed by atoms with Gasteiger partial charge in [-0.25, -0.2) is 0 Å². The summed E-state index contributed by atoms with van der Waals surface area (Å²) >= 11 is 0. The molecular formula is C54H37N. The van der Waals surface area contributed by atoms with Gasteiger partial charge in [0.1, 0.15) is 0 Å². The van der Waals surface area contributed by atoms with E-state index in [0.29, 0.717) is 0 Å². The van der Waals surface area contributed by atoms with E-state index >= 15 is 0 Å². The van der Waals surface area contributed by atoms with Crippen molar-refractivity contribution in [1.29, 1.82) is 0 Å². The zero-order valence-corrected chi connectivity index (χ0v) is 30.3. The Bertz CT molecular complexity index is 2940. The third-order valence-corrected chi connectivity index (χ3v) is 10.8. The molecule has 10 aromatic rings. The average molecular weight is 700 g/mol. The number of rotatable bonds is 7. The van der Waals surface area contributed by atoms with Crippen molar-refractivity contribution in [2.24, 2.45) is 0 Å². The first kappa shape index (κ1) is 32.4. The quantitative estimate of drug-likeness (QED) is 0.150. The number of anilines is 3. The molecule has 1 heteroatoms. The topological polar surface area (TPSA) is 3.24 Å². The molecule has 10 rings (SSSR count). The molecule has 1 nitrogen and oxygen atoms in total. The van der Waals surface area contributed by atoms with Crippen LogP contribution in [0.4, 0.5) is 17.1 Å². The van der Waals surface area contributed by atoms with Crippen molar-refractivity contribution in [3.63, 3.8) is 0 Å². The summed E-state index contributed by atoms with van der Waals surface area (Å²) in [6.07, 6.45) is 0. The van der Waals surface area contributed by atoms with Gasteiger partial charge in [0.05, 0.1) is 5.69 Å². The van der Waals surface area contributed by atoms with E-state index in [4.69, 9.17) is 0 Å². The Morgan fingerprint density at radius 1 is 0.255 bits per heavy atom. The van der Waals surface area contributed by atoms with E-state index in [-0.39, 0.29) is 0 Å². The van der Waals surface area contributed by atoms with Crippen molar-refractivity contribution in [1.82, 2.24) is 0 Å². The van der Waals surface area contributed by atoms with Crippen LogP contribution in [0.3, 0.4) is 0 Å². The number of fused-ring (bicyclic) bond motifs is 5. The molecule has 0 spiro atoms. The van der Waals surface area contributed by atoms with Crippen molar-refractivity contribution in [2.45, 2.75) is 0 Å². The van der Waals surface area contributed by atoms with E-state index in [0.717, 1.165) is 17.1 Å². The highest BCUT2D eigenvalue weighted by Crippen LogP contribution is 2.43. The Kier molecular flexibility index (Phi) is 8.24. The average Bonchev–Trinajstić information content (AvgIpc) is 3.27. The summed E-state index contributed by atoms with van der Waals surface area (Å²) in [5, 5.41) is 7.69. The first-order chi connectivity index (χ1) is 27.3. The lowest BCUT2D eigenvalue weighted by molar-refractivity contribution is 1.28. The van der Waals surface area contributed by atoms with Crippen LogP contribution in [0.15, 0.2) is 224 Å². The molecule has 0 radical (unpaired) electrons. The predicted molar refractivity (Wildman–Crippen MR) is 235 cm³/mol. The first-order valence-electron chi connectivity index (χ1n) is 18.9. The molecule has 0 amide bonds. The standard InChI is InChI=1S/C54H37N/c1-4-13-38(14-5-1)46-31-34-53(51(36-46)40-15-6-2-7-16-40)55(48-20-8-3-9-21-48)49-32-29-39(30-33-49)44-18-12-19-45(35-44)47-28-25-42-24-27-43-26-23-41-17-10-11-22-50(41)54(43)52(42)37-47/h1-37H. The van der Waals surface area contributed by atoms with E-state index in [1.54, 1.807) is 0 Å². The number of hydrogen-bond donors (Lipinski definition) is 0. The normalized spacial score (nSPS) is 11.3. The van der Waals surface area contributed by atoms with Gasteiger partial charge in [0.2, 0.25) is 0 Å². The summed E-state index contributed by atoms with van der Waals surface area (Å²) in [6.45, 7) is 0. The van der Waals surface area contributed by atoms with Crippen molar-refractivity contribution in [3.8, 4) is 44.5 Å². The summed E-state index contributed by atoms with van der Waals surface area (Å²) in [5.41, 5.74) is 12.9. The van der Waals surface area contributed by atoms with Gasteiger partial charge in [-0.1, -0.05) is 176 Å². The summed E-state index contributed by atoms with van der Waals surface area (Å²) in [4.78, 5) is 2.38. The van der Waals surface area contributed by atoms with Crippen molar-refractivity contribution in [3.05, 3.63) is 224 Å². The van der Waals surface area contributed by atoms with Crippen LogP contribution in [0, 0.1) is 0 Å². The summed E-state index contributed by atoms with van der Waals surface area (Å²) in [5.74, 6) is 0. The first-order valence-corrected chi connectivity index (χ1v) is 18.9. The van der Waals surface area contributed by atoms with Crippen molar-refractivity contribution < 1.29 is 0 Å². The molecule has 10 aromatic carbocycles. The largest absolute Gasteiger partial charge is 0.310 e. The van der Waals surface area contributed by atoms with Crippen LogP contribution >= 0.6 is 0 Å². The molecule has 0 aliphatic carbocycles. The maximum atomic E-state index is 2.38. The zero-order chi connectivity index (χ0) is 36.6. The lowest BCUT2D eigenvalue weighted by Crippen LogP contribution is -2.11. The molecule has 0 fully saturated rings. The van der Waals surface area contributed by atoms with Gasteiger partial charge in [-0.2, -0.15) is 0 Å². The molecule has 0 atom stereocenters. The van der Waals surface area contributed by atoms with Crippen LogP contribution in [-0.4, -0.2) is 0 Å². The van der Waals surface area contributed by atoms with Gasteiger partial charge in [-0.3, -0.25) is 0 Å². The van der Waals surface area contributed by atoms with E-state index in [9.17, 15) is 0 Å². The van der Waals surface area contributed by atoms with Gasteiger partial charge in [-0.15, -0.1) is 0 Å². The fourth-order valence-electron chi connectivity index (χ4n) is 8.08. The van der Waals surface area contributed by atoms with Crippen LogP contribution < -0.4 is 4.90 Å². The molecule has 0 bridgehead atoms. The lowest BCUT2D eigenvalue weighted by atomic mass is 9.93. The molecule has 258 valence electrons. The Labute approximate surface area is 322 Å². The van der Waals surface area contributed by atoms with Gasteiger partial charge in [0.25, 0.3) is 0 Å². The Hall–Kier alpha value is -7.22. The monoisotopic (exact) mass is 699 g/mol. The van der Waals surface area contributed by atoms with Gasteiger partial charge >= 0.3 is 0 Å². The van der Waals surface area contributed by atoms with E-state index < -0.39 is 0 Å². The third kappa shape index (κ3) is 6.12. The predicted octanol–water partition coefficient (Wildman–Crippen LogP) is 15.3. The van der Waals surface area contributed by atoms with Crippen LogP contribution in [0.1, 0.15) is 0 Å². The smallest absolute Gasteiger partial charge is 0.0540 e. The van der Waals surface area contributed by atoms with Crippen molar-refractivity contribution >= 4 is 49.4 Å². The number of nitrogens with zero attached hydrogens (tertiary/aromatic N) is 1. The zero-order valence-electron chi connectivity index (χ0n) is 30.3. The van der Waals surface area contributed by atoms with Crippen LogP contribution in [0.2, 0.25) is 0 Å². The van der Waals surface area contributed by atoms with Gasteiger partial charge in [-0.05, 0) is 120 Å². The molecule has 0 heterocycles. The van der Waals surface area contributed by atoms with E-state index in [2.05, 4.69) is 229 Å². The van der Waals surface area contributed by atoms with Crippen molar-refractivity contribution in [2.75, 3.05) is 4.90 Å². The van der Waals surface area contributed by atoms with Crippen LogP contribution in [-0.2, 0) is 0 Å². The molecule has 0 N–H and O–H groups in total. The SMILES string of the molecule is c1ccc(-c2ccc(N(c3ccccc3)c3ccc(-c4cccc(-c5ccc6ccc7ccc8ccccc8c7c6c5)c4)cc3)c(-c3ccccc3)c2)cc1. The summed E-state index contributed by atoms with van der Waals surface area (Å²) < 4.78 is 0. The lowest BCUT2D eigenvalue weighted by Gasteiger charge is -2.28. The fourth-order valence-corrected chi connectivity index (χ4v) is 8.08. The summed E-state index contributed by atoms with van der Waals surface area (Å²) in [6, 6.07) is 81.4. The second-order valence-corrected chi connectivity index (χ2v) is 14.1. The molecule has 0 aromatic heterocycles. The minimum atomic E-state index is 1.10. The molecule has 0 aliphatic heterocycles. The number of para-hydroxylation sites is 1. The van der Waals surface area contributed by atoms with E-state index in [1.165, 1.54) is 76.8 Å². The fraction of sp³-hybridized carbons (Fsp3) is 0. The molecule has 0 unspecified atom stereocenters. The molecule has 0 aliphatic rings. The van der Waals surface area contributed by atoms with E-state index in [1.807, 2.05) is 0 Å². The molecule has 55 heavy (non-hydrogen) atoms. The Morgan fingerprint density at radius 2 is 0.727 bits per heavy atom. The van der Waals surface area contributed by atoms with Gasteiger partial charge < -0.3 is 4.90 Å². The second kappa shape index (κ2) is 14.0. The third-order valence-electron chi connectivity index (χ3n) is 10.8. The minimum Gasteiger partial charge on any atom is -0.310 e. The van der Waals surface area contributed by atoms with Crippen LogP contribution in [0.5, 0.6) is 0 Å². The van der Waals surface area contributed by atoms with Gasteiger partial charge in [0, 0.05) is 16.9 Å². The highest BCUT2D eigenvalue weighted by atomic mass is 15.1. The maximum absolute atomic E-state index is 2.38. The second-order valence-electron chi connectivity index (χ2n) is 14.1. The van der Waals surface area contributed by atoms with Crippen LogP contribution in [0.25, 0.3) is 76.8 Å². The molecule has 0 saturated heterocycles. The highest BCUT2D eigenvalue weighted by Gasteiger charge is 2.18. The van der Waals surface area contributed by atoms with Gasteiger partial charge in [0.15, 0.2) is 0 Å². The maximum Gasteiger partial charge on any atom is 0.0540 e. The Morgan fingerprint density at radius 3 is 1.47 bits per heavy atom. The molecule has 0 saturated carbocycles.